The predicted molar refractivity (Wildman–Crippen MR) is 119 cm³/mol. The standard InChI is InChI=1S/C21H24ClN3O6S/c1-23(13-16-12-17(25(27)28)5-10-20(16)22)21(26)15-4-3-11-24(14-15)32(29,30)19-8-6-18(31-2)7-9-19/h5-10,12,15H,3-4,11,13-14H2,1-2H3/t15-/m0/s1. The van der Waals surface area contributed by atoms with Gasteiger partial charge in [0.15, 0.2) is 0 Å². The topological polar surface area (TPSA) is 110 Å². The molecular formula is C21H24ClN3O6S. The Kier molecular flexibility index (Phi) is 7.37. The number of methoxy groups -OCH3 is 1. The quantitative estimate of drug-likeness (QED) is 0.443. The number of nitro benzene ring substituents is 1. The van der Waals surface area contributed by atoms with Crippen LogP contribution < -0.4 is 4.74 Å². The first kappa shape index (κ1) is 24.0. The minimum Gasteiger partial charge on any atom is -0.497 e. The normalized spacial score (nSPS) is 17.0. The summed E-state index contributed by atoms with van der Waals surface area (Å²) in [6.07, 6.45) is 1.11. The number of rotatable bonds is 7. The van der Waals surface area contributed by atoms with Gasteiger partial charge in [0.2, 0.25) is 15.9 Å². The molecule has 1 amide bonds. The van der Waals surface area contributed by atoms with Crippen molar-refractivity contribution in [2.45, 2.75) is 24.3 Å². The highest BCUT2D eigenvalue weighted by Gasteiger charge is 2.34. The van der Waals surface area contributed by atoms with Gasteiger partial charge in [0, 0.05) is 43.8 Å². The lowest BCUT2D eigenvalue weighted by Crippen LogP contribution is -2.45. The number of nitro groups is 1. The molecule has 0 unspecified atom stereocenters. The highest BCUT2D eigenvalue weighted by atomic mass is 35.5. The fourth-order valence-corrected chi connectivity index (χ4v) is 5.40. The molecule has 1 aliphatic rings. The van der Waals surface area contributed by atoms with E-state index in [1.165, 1.54) is 46.6 Å². The molecule has 0 aliphatic carbocycles. The van der Waals surface area contributed by atoms with E-state index in [1.807, 2.05) is 0 Å². The molecule has 172 valence electrons. The number of sulfonamides is 1. The van der Waals surface area contributed by atoms with Crippen molar-refractivity contribution in [2.75, 3.05) is 27.2 Å². The molecule has 0 N–H and O–H groups in total. The van der Waals surface area contributed by atoms with Crippen molar-refractivity contribution in [3.8, 4) is 5.75 Å². The van der Waals surface area contributed by atoms with E-state index in [-0.39, 0.29) is 29.6 Å². The van der Waals surface area contributed by atoms with E-state index in [4.69, 9.17) is 16.3 Å². The molecule has 0 spiro atoms. The highest BCUT2D eigenvalue weighted by molar-refractivity contribution is 7.89. The second-order valence-corrected chi connectivity index (χ2v) is 9.95. The van der Waals surface area contributed by atoms with Crippen LogP contribution >= 0.6 is 11.6 Å². The second kappa shape index (κ2) is 9.85. The van der Waals surface area contributed by atoms with Crippen molar-refractivity contribution in [3.63, 3.8) is 0 Å². The van der Waals surface area contributed by atoms with E-state index in [2.05, 4.69) is 0 Å². The summed E-state index contributed by atoms with van der Waals surface area (Å²) in [4.78, 5) is 25.1. The smallest absolute Gasteiger partial charge is 0.269 e. The van der Waals surface area contributed by atoms with Crippen LogP contribution in [0.15, 0.2) is 47.4 Å². The number of carbonyl (C=O) groups is 1. The average molecular weight is 482 g/mol. The first-order valence-corrected chi connectivity index (χ1v) is 11.8. The van der Waals surface area contributed by atoms with Gasteiger partial charge >= 0.3 is 0 Å². The molecule has 2 aromatic rings. The molecule has 0 radical (unpaired) electrons. The summed E-state index contributed by atoms with van der Waals surface area (Å²) < 4.78 is 32.5. The van der Waals surface area contributed by atoms with Gasteiger partial charge in [0.25, 0.3) is 5.69 Å². The Balaban J connectivity index is 1.72. The molecule has 1 fully saturated rings. The second-order valence-electron chi connectivity index (χ2n) is 7.60. The molecule has 0 saturated carbocycles. The van der Waals surface area contributed by atoms with Crippen molar-refractivity contribution in [1.82, 2.24) is 9.21 Å². The van der Waals surface area contributed by atoms with Crippen molar-refractivity contribution < 1.29 is 22.9 Å². The molecule has 2 aromatic carbocycles. The largest absolute Gasteiger partial charge is 0.497 e. The first-order valence-electron chi connectivity index (χ1n) is 9.95. The van der Waals surface area contributed by atoms with Crippen LogP contribution in [0.1, 0.15) is 18.4 Å². The third-order valence-corrected chi connectivity index (χ3v) is 7.70. The molecular weight excluding hydrogens is 458 g/mol. The summed E-state index contributed by atoms with van der Waals surface area (Å²) >= 11 is 6.15. The Labute approximate surface area is 191 Å². The zero-order chi connectivity index (χ0) is 23.5. The van der Waals surface area contributed by atoms with Crippen molar-refractivity contribution in [3.05, 3.63) is 63.2 Å². The molecule has 3 rings (SSSR count). The highest BCUT2D eigenvalue weighted by Crippen LogP contribution is 2.28. The van der Waals surface area contributed by atoms with Gasteiger partial charge in [-0.2, -0.15) is 4.31 Å². The number of hydrogen-bond acceptors (Lipinski definition) is 6. The lowest BCUT2D eigenvalue weighted by molar-refractivity contribution is -0.384. The molecule has 1 aliphatic heterocycles. The number of piperidine rings is 1. The van der Waals surface area contributed by atoms with Crippen molar-refractivity contribution in [1.29, 1.82) is 0 Å². The summed E-state index contributed by atoms with van der Waals surface area (Å²) in [5.41, 5.74) is 0.343. The summed E-state index contributed by atoms with van der Waals surface area (Å²) in [5, 5.41) is 11.3. The number of nitrogens with zero attached hydrogens (tertiary/aromatic N) is 3. The van der Waals surface area contributed by atoms with Gasteiger partial charge in [-0.15, -0.1) is 0 Å². The van der Waals surface area contributed by atoms with Crippen LogP contribution in [0.4, 0.5) is 5.69 Å². The maximum Gasteiger partial charge on any atom is 0.269 e. The molecule has 1 heterocycles. The minimum atomic E-state index is -3.75. The van der Waals surface area contributed by atoms with Crippen LogP contribution in [0.5, 0.6) is 5.75 Å². The van der Waals surface area contributed by atoms with E-state index in [0.29, 0.717) is 35.7 Å². The molecule has 1 atom stereocenters. The summed E-state index contributed by atoms with van der Waals surface area (Å²) in [7, 11) is -0.669. The third-order valence-electron chi connectivity index (χ3n) is 5.45. The van der Waals surface area contributed by atoms with Crippen LogP contribution in [0, 0.1) is 16.0 Å². The van der Waals surface area contributed by atoms with E-state index in [1.54, 1.807) is 19.2 Å². The number of non-ortho nitro benzene ring substituents is 1. The molecule has 0 aromatic heterocycles. The fourth-order valence-electron chi connectivity index (χ4n) is 3.70. The number of ether oxygens (including phenoxy) is 1. The Morgan fingerprint density at radius 3 is 2.59 bits per heavy atom. The number of hydrogen-bond donors (Lipinski definition) is 0. The van der Waals surface area contributed by atoms with Gasteiger partial charge in [-0.3, -0.25) is 14.9 Å². The predicted octanol–water partition coefficient (Wildman–Crippen LogP) is 3.32. The third kappa shape index (κ3) is 5.20. The minimum absolute atomic E-state index is 0.0696. The SMILES string of the molecule is COc1ccc(S(=O)(=O)N2CCC[C@H](C(=O)N(C)Cc3cc([N+](=O)[O-])ccc3Cl)C2)cc1. The number of carbonyl (C=O) groups excluding carboxylic acids is 1. The van der Waals surface area contributed by atoms with Gasteiger partial charge in [-0.05, 0) is 48.7 Å². The van der Waals surface area contributed by atoms with E-state index in [9.17, 15) is 23.3 Å². The lowest BCUT2D eigenvalue weighted by Gasteiger charge is -2.33. The van der Waals surface area contributed by atoms with Gasteiger partial charge in [0.05, 0.1) is 22.8 Å². The maximum atomic E-state index is 13.0. The van der Waals surface area contributed by atoms with Crippen molar-refractivity contribution in [2.24, 2.45) is 5.92 Å². The first-order chi connectivity index (χ1) is 15.1. The van der Waals surface area contributed by atoms with Gasteiger partial charge < -0.3 is 9.64 Å². The van der Waals surface area contributed by atoms with E-state index < -0.39 is 20.9 Å². The molecule has 0 bridgehead atoms. The zero-order valence-electron chi connectivity index (χ0n) is 17.7. The average Bonchev–Trinajstić information content (AvgIpc) is 2.79. The van der Waals surface area contributed by atoms with Crippen LogP contribution in [0.2, 0.25) is 5.02 Å². The van der Waals surface area contributed by atoms with E-state index in [0.717, 1.165) is 0 Å². The molecule has 32 heavy (non-hydrogen) atoms. The van der Waals surface area contributed by atoms with Crippen LogP contribution in [0.25, 0.3) is 0 Å². The Morgan fingerprint density at radius 2 is 1.97 bits per heavy atom. The molecule has 9 nitrogen and oxygen atoms in total. The lowest BCUT2D eigenvalue weighted by atomic mass is 9.98. The summed E-state index contributed by atoms with van der Waals surface area (Å²) in [5.74, 6) is -0.196. The van der Waals surface area contributed by atoms with Crippen LogP contribution in [0.3, 0.4) is 0 Å². The number of amides is 1. The maximum absolute atomic E-state index is 13.0. The van der Waals surface area contributed by atoms with E-state index >= 15 is 0 Å². The van der Waals surface area contributed by atoms with Crippen LogP contribution in [-0.4, -0.2) is 55.7 Å². The van der Waals surface area contributed by atoms with Gasteiger partial charge in [-0.1, -0.05) is 11.6 Å². The number of benzene rings is 2. The molecule has 11 heteroatoms. The Morgan fingerprint density at radius 1 is 1.28 bits per heavy atom. The Bertz CT molecular complexity index is 1110. The van der Waals surface area contributed by atoms with Crippen molar-refractivity contribution >= 4 is 33.2 Å². The zero-order valence-corrected chi connectivity index (χ0v) is 19.3. The number of halogens is 1. The Hall–Kier alpha value is -2.69. The fraction of sp³-hybridized carbons (Fsp3) is 0.381. The monoisotopic (exact) mass is 481 g/mol. The summed E-state index contributed by atoms with van der Waals surface area (Å²) in [6.45, 7) is 0.486. The summed E-state index contributed by atoms with van der Waals surface area (Å²) in [6, 6.07) is 10.2. The van der Waals surface area contributed by atoms with Gasteiger partial charge in [-0.25, -0.2) is 8.42 Å². The van der Waals surface area contributed by atoms with Crippen LogP contribution in [-0.2, 0) is 21.4 Å². The van der Waals surface area contributed by atoms with Gasteiger partial charge in [0.1, 0.15) is 5.75 Å². The molecule has 1 saturated heterocycles.